The van der Waals surface area contributed by atoms with Crippen molar-refractivity contribution in [3.8, 4) is 0 Å². The Kier molecular flexibility index (Phi) is 40.1. The first-order chi connectivity index (χ1) is 50.0. The second kappa shape index (κ2) is 43.3. The van der Waals surface area contributed by atoms with Gasteiger partial charge in [-0.15, -0.1) is 0 Å². The Bertz CT molecular complexity index is 4280. The molecule has 6 saturated heterocycles. The van der Waals surface area contributed by atoms with E-state index < -0.39 is 95.7 Å². The fourth-order valence-corrected chi connectivity index (χ4v) is 13.1. The zero-order valence-corrected chi connectivity index (χ0v) is 75.4. The van der Waals surface area contributed by atoms with E-state index in [1.165, 1.54) is 47.1 Å². The second-order valence-corrected chi connectivity index (χ2v) is 42.7. The van der Waals surface area contributed by atoms with E-state index in [1.807, 2.05) is 46.4 Å². The second-order valence-electron chi connectivity index (χ2n) is 30.9. The number of epoxide rings is 1. The predicted molar refractivity (Wildman–Crippen MR) is 424 cm³/mol. The number of sulfonamides is 4. The van der Waals surface area contributed by atoms with Gasteiger partial charge in [-0.25, -0.2) is 96.1 Å². The number of aliphatic hydroxyl groups is 3. The molecule has 2 aromatic carbocycles. The van der Waals surface area contributed by atoms with Crippen LogP contribution in [-0.4, -0.2) is 276 Å². The molecule has 6 aliphatic rings. The number of Topliss-reactive ketones (excluding diaryl/α,β-unsaturated/α-hetero) is 1. The van der Waals surface area contributed by atoms with Crippen LogP contribution in [-0.2, 0) is 78.2 Å². The van der Waals surface area contributed by atoms with Gasteiger partial charge in [-0.3, -0.25) is 4.79 Å². The Hall–Kier alpha value is -4.21. The van der Waals surface area contributed by atoms with E-state index in [2.05, 4.69) is 76.4 Å². The molecule has 3 amide bonds. The maximum absolute atomic E-state index is 13.7. The standard InChI is InChI=1S/C15H18BrFN4O3S.C12H24N2O5S.C11H19NO3.C10H17NO3.C8H3BrClFN2.C7H16N2O3S.C2H8NOS.CH5NO2S.HI/c1-25(23,24)20-7-15(22)3-2-4-21(8-15)14-10-5-11(16)12(17)6-13(10)18-9-19-14;1-11(2,3)19-10(15)14-7-5-6-12(16,9-14)8-13-20(4,17)18;1-10(2,3)15-9(13)12-6-4-5-11(7-12)8-14-11;1-10(2,3)14-9(13)11-6-4-5-8(12)7-11;9-5-1-4-7(2-6(5)11)12-3-13-8(4)10;1-13(11,12)9-6-7(10)3-2-4-8-5-7;2*1-5(2,3)4;/h5-6,9,20,22H,2-4,7-8H2,1H3;13,16H,5-9H2,1-4H3;4-8H2,1-3H3;4-7H2,1-3H3;1-3H;8-10H,2-6H2,1H3;1-2H3,(H2,3,4);1H3,(H2,2,3,4);1H/q;;;;;;+1;;/p-1. The number of carbonyl (C=O) groups is 4. The number of anilines is 1. The summed E-state index contributed by atoms with van der Waals surface area (Å²) >= 11 is 12.0. The molecule has 6 aliphatic heterocycles. The lowest BCUT2D eigenvalue weighted by Crippen LogP contribution is -3.00. The van der Waals surface area contributed by atoms with Crippen LogP contribution in [0.25, 0.3) is 21.8 Å². The minimum Gasteiger partial charge on any atom is -1.00 e. The molecular weight excluding hydrogens is 1830 g/mol. The molecule has 0 aliphatic carbocycles. The van der Waals surface area contributed by atoms with Gasteiger partial charge in [0.2, 0.25) is 40.1 Å². The summed E-state index contributed by atoms with van der Waals surface area (Å²) in [6.45, 7) is 22.2. The predicted octanol–water partition coefficient (Wildman–Crippen LogP) is 2.44. The Balaban J connectivity index is 0.000000446. The molecular formula is C66H110Br2ClF2IN14O20S5. The van der Waals surface area contributed by atoms with Gasteiger partial charge in [0.15, 0.2) is 5.78 Å². The van der Waals surface area contributed by atoms with E-state index >= 15 is 0 Å². The van der Waals surface area contributed by atoms with Crippen molar-refractivity contribution in [2.45, 2.75) is 166 Å². The minimum absolute atomic E-state index is 0. The number of nitrogens with zero attached hydrogens (tertiary/aromatic N) is 8. The molecule has 8 heterocycles. The van der Waals surface area contributed by atoms with E-state index in [9.17, 15) is 81.2 Å². The molecule has 6 fully saturated rings. The van der Waals surface area contributed by atoms with Gasteiger partial charge in [-0.2, -0.15) is 5.14 Å². The van der Waals surface area contributed by atoms with E-state index in [4.69, 9.17) is 35.7 Å². The lowest BCUT2D eigenvalue weighted by Gasteiger charge is -2.40. The van der Waals surface area contributed by atoms with Crippen molar-refractivity contribution in [1.82, 2.24) is 54.1 Å². The summed E-state index contributed by atoms with van der Waals surface area (Å²) in [5.74, 6) is -0.0720. The molecule has 4 atom stereocenters. The van der Waals surface area contributed by atoms with Crippen LogP contribution in [0.3, 0.4) is 0 Å². The zero-order valence-electron chi connectivity index (χ0n) is 65.3. The number of β-amino-alcohol motifs (C(OH)–C–C–N with tert-alkyl or cyclic N) is 3. The molecule has 1 spiro atoms. The number of rotatable bonds is 10. The number of primary sulfonamides is 1. The third-order valence-electron chi connectivity index (χ3n) is 15.4. The van der Waals surface area contributed by atoms with Gasteiger partial charge in [0.25, 0.3) is 0 Å². The number of ether oxygens (including phenoxy) is 4. The van der Waals surface area contributed by atoms with Crippen molar-refractivity contribution in [3.63, 3.8) is 0 Å². The zero-order chi connectivity index (χ0) is 84.1. The molecule has 2 aromatic heterocycles. The molecule has 11 N–H and O–H groups in total. The fraction of sp³-hybridized carbons (Fsp3) is 0.697. The maximum Gasteiger partial charge on any atom is 0.410 e. The van der Waals surface area contributed by atoms with Crippen LogP contribution < -0.4 is 58.6 Å². The van der Waals surface area contributed by atoms with Crippen LogP contribution in [0.5, 0.6) is 0 Å². The van der Waals surface area contributed by atoms with E-state index in [0.717, 1.165) is 70.4 Å². The van der Waals surface area contributed by atoms with Crippen molar-refractivity contribution in [3.05, 3.63) is 62.7 Å². The normalized spacial score (nSPS) is 21.6. The van der Waals surface area contributed by atoms with Crippen LogP contribution in [0.1, 0.15) is 127 Å². The molecule has 0 bridgehead atoms. The highest BCUT2D eigenvalue weighted by Gasteiger charge is 2.49. The molecule has 10 rings (SSSR count). The number of nitrogens with one attached hydrogen (secondary N) is 4. The number of hydrogen-bond donors (Lipinski definition) is 9. The molecule has 4 unspecified atom stereocenters. The van der Waals surface area contributed by atoms with Crippen molar-refractivity contribution < 1.29 is 124 Å². The van der Waals surface area contributed by atoms with Crippen LogP contribution in [0, 0.1) is 11.6 Å². The average molecular weight is 1940 g/mol. The molecule has 636 valence electrons. The quantitative estimate of drug-likeness (QED) is 0.0362. The monoisotopic (exact) mass is 1940 g/mol. The molecule has 34 nitrogen and oxygen atoms in total. The van der Waals surface area contributed by atoms with E-state index in [0.29, 0.717) is 113 Å². The van der Waals surface area contributed by atoms with Gasteiger partial charge < -0.3 is 83.2 Å². The molecule has 45 heteroatoms. The number of benzene rings is 2. The van der Waals surface area contributed by atoms with Crippen LogP contribution in [0.2, 0.25) is 5.15 Å². The van der Waals surface area contributed by atoms with Gasteiger partial charge in [-0.1, -0.05) is 15.8 Å². The smallest absolute Gasteiger partial charge is 0.410 e. The van der Waals surface area contributed by atoms with E-state index in [1.54, 1.807) is 37.8 Å². The molecule has 111 heavy (non-hydrogen) atoms. The molecule has 0 radical (unpaired) electrons. The summed E-state index contributed by atoms with van der Waals surface area (Å²) < 4.78 is 151. The average Bonchev–Trinajstić information content (AvgIpc) is 0.971. The summed E-state index contributed by atoms with van der Waals surface area (Å²) in [5.41, 5.74) is -3.92. The number of hydrogen-bond acceptors (Lipinski definition) is 26. The summed E-state index contributed by atoms with van der Waals surface area (Å²) in [6.07, 6.45) is 15.8. The van der Waals surface area contributed by atoms with Gasteiger partial charge in [0.05, 0.1) is 88.0 Å². The topological polar surface area (TPSA) is 487 Å². The maximum atomic E-state index is 13.7. The van der Waals surface area contributed by atoms with Crippen molar-refractivity contribution in [2.75, 3.05) is 134 Å². The van der Waals surface area contributed by atoms with Crippen molar-refractivity contribution in [2.24, 2.45) is 10.3 Å². The lowest BCUT2D eigenvalue weighted by atomic mass is 9.93. The highest BCUT2D eigenvalue weighted by Crippen LogP contribution is 2.37. The number of carbonyl (C=O) groups excluding carboxylic acids is 4. The first-order valence-corrected chi connectivity index (χ1v) is 46.6. The van der Waals surface area contributed by atoms with Crippen LogP contribution >= 0.6 is 43.5 Å². The first-order valence-electron chi connectivity index (χ1n) is 34.6. The third-order valence-corrected chi connectivity index (χ3v) is 19.0. The first kappa shape index (κ1) is 103. The Morgan fingerprint density at radius 3 is 1.42 bits per heavy atom. The minimum atomic E-state index is -3.39. The number of aromatic nitrogens is 4. The summed E-state index contributed by atoms with van der Waals surface area (Å²) in [4.78, 5) is 68.9. The Labute approximate surface area is 690 Å². The number of fused-ring (bicyclic) bond motifs is 2. The third kappa shape index (κ3) is 44.1. The Morgan fingerprint density at radius 1 is 0.622 bits per heavy atom. The lowest BCUT2D eigenvalue weighted by molar-refractivity contribution is -0.122. The molecule has 4 aromatic rings. The van der Waals surface area contributed by atoms with Gasteiger partial charge >= 0.3 is 18.3 Å². The Morgan fingerprint density at radius 2 is 1.00 bits per heavy atom. The summed E-state index contributed by atoms with van der Waals surface area (Å²) in [5, 5.41) is 44.8. The summed E-state index contributed by atoms with van der Waals surface area (Å²) in [6, 6.07) is 5.81. The van der Waals surface area contributed by atoms with E-state index in [-0.39, 0.29) is 92.6 Å². The van der Waals surface area contributed by atoms with Crippen LogP contribution in [0.15, 0.2) is 45.9 Å². The number of ketones is 1. The largest absolute Gasteiger partial charge is 1.00 e. The number of piperidine rings is 5. The van der Waals surface area contributed by atoms with Gasteiger partial charge in [0.1, 0.15) is 80.3 Å². The fourth-order valence-electron chi connectivity index (χ4n) is 10.6. The SMILES string of the molecule is CC(C)(C)OC(=O)N1CCCC(=O)C1.CC(C)(C)OC(=O)N1CCCC(O)(CNS(C)(=O)=O)C1.CC(C)(C)OC(=O)N1CCCC2(CO2)C1.CS(=O)(=O)NCC1(O)CCCN(c2ncnc3cc(F)c(Br)cc23)C1.CS(=O)(=O)NCC1(O)CCCNC1.CS(N)(=O)=O.C[S+](C)(N)=O.Fc1cc2ncnc(Cl)c2cc1Br.[I-]. The summed E-state index contributed by atoms with van der Waals surface area (Å²) in [7, 11) is -15.0. The van der Waals surface area contributed by atoms with Gasteiger partial charge in [0, 0.05) is 88.2 Å². The number of nitrogens with two attached hydrogens (primary N) is 2. The van der Waals surface area contributed by atoms with Crippen LogP contribution in [0.4, 0.5) is 29.0 Å². The number of halogens is 6. The van der Waals surface area contributed by atoms with Crippen molar-refractivity contribution in [1.29, 1.82) is 0 Å². The number of amides is 3. The molecule has 0 saturated carbocycles. The van der Waals surface area contributed by atoms with Crippen molar-refractivity contribution >= 4 is 145 Å². The van der Waals surface area contributed by atoms with Gasteiger partial charge in [-0.05, 0) is 171 Å². The highest BCUT2D eigenvalue weighted by atomic mass is 127. The number of likely N-dealkylation sites (tertiary alicyclic amines) is 3. The highest BCUT2D eigenvalue weighted by molar-refractivity contribution is 9.10.